The van der Waals surface area contributed by atoms with Crippen LogP contribution in [-0.2, 0) is 11.2 Å². The highest BCUT2D eigenvalue weighted by Crippen LogP contribution is 2.39. The topological polar surface area (TPSA) is 33.2 Å². The average molecular weight is 394 g/mol. The van der Waals surface area contributed by atoms with Gasteiger partial charge in [0.1, 0.15) is 11.6 Å². The average Bonchev–Trinajstić information content (AvgIpc) is 2.84. The molecule has 1 aliphatic heterocycles. The second-order valence-electron chi connectivity index (χ2n) is 7.61. The van der Waals surface area contributed by atoms with Crippen molar-refractivity contribution in [1.29, 1.82) is 0 Å². The lowest BCUT2D eigenvalue weighted by Crippen LogP contribution is -2.41. The van der Waals surface area contributed by atoms with E-state index in [1.54, 1.807) is 32.0 Å². The minimum absolute atomic E-state index is 0.140. The smallest absolute Gasteiger partial charge is 0.269 e. The van der Waals surface area contributed by atoms with Crippen molar-refractivity contribution in [2.75, 3.05) is 6.54 Å². The van der Waals surface area contributed by atoms with Crippen molar-refractivity contribution in [1.82, 2.24) is 9.88 Å². The summed E-state index contributed by atoms with van der Waals surface area (Å²) in [4.78, 5) is 18.1. The molecule has 2 atom stereocenters. The number of carbonyl (C=O) groups excluding carboxylic acids is 1. The van der Waals surface area contributed by atoms with Gasteiger partial charge in [-0.15, -0.1) is 0 Å². The van der Waals surface area contributed by atoms with Gasteiger partial charge in [-0.25, -0.2) is 17.6 Å². The highest BCUT2D eigenvalue weighted by atomic mass is 19.3. The van der Waals surface area contributed by atoms with Crippen molar-refractivity contribution < 1.29 is 22.4 Å². The second-order valence-corrected chi connectivity index (χ2v) is 7.61. The number of amides is 1. The van der Waals surface area contributed by atoms with Crippen molar-refractivity contribution in [2.45, 2.75) is 39.2 Å². The molecule has 0 spiro atoms. The molecular weight excluding hydrogens is 372 g/mol. The van der Waals surface area contributed by atoms with Gasteiger partial charge in [0.15, 0.2) is 0 Å². The van der Waals surface area contributed by atoms with Crippen LogP contribution in [0.25, 0.3) is 11.3 Å². The Morgan fingerprint density at radius 2 is 1.86 bits per heavy atom. The van der Waals surface area contributed by atoms with E-state index >= 15 is 0 Å². The Kier molecular flexibility index (Phi) is 5.46. The molecule has 0 unspecified atom stereocenters. The van der Waals surface area contributed by atoms with Gasteiger partial charge in [-0.2, -0.15) is 0 Å². The monoisotopic (exact) mass is 394 g/mol. The fourth-order valence-corrected chi connectivity index (χ4v) is 3.57. The number of pyridine rings is 1. The molecule has 1 fully saturated rings. The second kappa shape index (κ2) is 7.53. The summed E-state index contributed by atoms with van der Waals surface area (Å²) < 4.78 is 55.6. The Labute approximate surface area is 161 Å². The number of aromatic nitrogens is 1. The van der Waals surface area contributed by atoms with Gasteiger partial charge in [-0.3, -0.25) is 9.78 Å². The Bertz CT molecular complexity index is 864. The largest absolute Gasteiger partial charge is 0.333 e. The third-order valence-corrected chi connectivity index (χ3v) is 5.19. The summed E-state index contributed by atoms with van der Waals surface area (Å²) in [5.41, 5.74) is 1.09. The molecule has 0 saturated carbocycles. The number of alkyl halides is 2. The van der Waals surface area contributed by atoms with Crippen LogP contribution in [0.2, 0.25) is 0 Å². The Balaban J connectivity index is 1.90. The number of halogens is 4. The molecule has 1 amide bonds. The molecule has 1 aliphatic rings. The lowest BCUT2D eigenvalue weighted by molar-refractivity contribution is -0.136. The third-order valence-electron chi connectivity index (χ3n) is 5.19. The molecule has 3 nitrogen and oxygen atoms in total. The quantitative estimate of drug-likeness (QED) is 0.704. The zero-order chi connectivity index (χ0) is 20.6. The van der Waals surface area contributed by atoms with Gasteiger partial charge in [-0.1, -0.05) is 26.8 Å². The SMILES string of the molecule is CC(C)C(=O)N1CC(F)(F)[C@H](C)[C@@H]1Cc1cccc(-c2cc(F)cc(F)c2)n1. The van der Waals surface area contributed by atoms with Crippen LogP contribution in [0.1, 0.15) is 26.5 Å². The molecule has 0 bridgehead atoms. The number of likely N-dealkylation sites (tertiary alicyclic amines) is 1. The van der Waals surface area contributed by atoms with Gasteiger partial charge in [0.05, 0.1) is 12.2 Å². The fraction of sp³-hybridized carbons (Fsp3) is 0.429. The zero-order valence-electron chi connectivity index (χ0n) is 15.9. The first kappa shape index (κ1) is 20.3. The molecule has 7 heteroatoms. The van der Waals surface area contributed by atoms with E-state index in [0.29, 0.717) is 11.4 Å². The van der Waals surface area contributed by atoms with Crippen molar-refractivity contribution in [3.63, 3.8) is 0 Å². The fourth-order valence-electron chi connectivity index (χ4n) is 3.57. The summed E-state index contributed by atoms with van der Waals surface area (Å²) >= 11 is 0. The number of rotatable bonds is 4. The first-order valence-electron chi connectivity index (χ1n) is 9.19. The molecule has 0 N–H and O–H groups in total. The van der Waals surface area contributed by atoms with Crippen molar-refractivity contribution in [3.8, 4) is 11.3 Å². The molecule has 0 radical (unpaired) electrons. The molecule has 1 saturated heterocycles. The predicted octanol–water partition coefficient (Wildman–Crippen LogP) is 4.71. The summed E-state index contributed by atoms with van der Waals surface area (Å²) in [5, 5.41) is 0. The van der Waals surface area contributed by atoms with Crippen LogP contribution in [0, 0.1) is 23.5 Å². The highest BCUT2D eigenvalue weighted by Gasteiger charge is 2.53. The maximum atomic E-state index is 14.3. The first-order chi connectivity index (χ1) is 13.1. The first-order valence-corrected chi connectivity index (χ1v) is 9.19. The molecule has 0 aliphatic carbocycles. The molecular formula is C21H22F4N2O. The summed E-state index contributed by atoms with van der Waals surface area (Å²) in [6, 6.07) is 7.32. The van der Waals surface area contributed by atoms with Crippen LogP contribution in [-0.4, -0.2) is 34.3 Å². The molecule has 1 aromatic carbocycles. The summed E-state index contributed by atoms with van der Waals surface area (Å²) in [6.45, 7) is 4.19. The summed E-state index contributed by atoms with van der Waals surface area (Å²) in [6.07, 6.45) is 0.140. The number of benzene rings is 1. The Hall–Kier alpha value is -2.44. The van der Waals surface area contributed by atoms with Crippen LogP contribution >= 0.6 is 0 Å². The maximum Gasteiger partial charge on any atom is 0.269 e. The van der Waals surface area contributed by atoms with E-state index in [4.69, 9.17) is 0 Å². The predicted molar refractivity (Wildman–Crippen MR) is 97.7 cm³/mol. The maximum absolute atomic E-state index is 14.3. The standard InChI is InChI=1S/C21H22F4N2O/c1-12(2)20(28)27-11-21(24,25)13(3)19(27)10-17-5-4-6-18(26-17)14-7-15(22)9-16(23)8-14/h4-9,12-13,19H,10-11H2,1-3H3/t13-,19+/m1/s1. The van der Waals surface area contributed by atoms with Crippen LogP contribution in [0.5, 0.6) is 0 Å². The number of hydrogen-bond donors (Lipinski definition) is 0. The third kappa shape index (κ3) is 4.03. The molecule has 150 valence electrons. The Morgan fingerprint density at radius 3 is 2.46 bits per heavy atom. The summed E-state index contributed by atoms with van der Waals surface area (Å²) in [5.74, 6) is -6.15. The number of hydrogen-bond acceptors (Lipinski definition) is 2. The van der Waals surface area contributed by atoms with E-state index < -0.39 is 42.0 Å². The normalized spacial score (nSPS) is 21.4. The van der Waals surface area contributed by atoms with Crippen LogP contribution in [0.15, 0.2) is 36.4 Å². The highest BCUT2D eigenvalue weighted by molar-refractivity contribution is 5.79. The lowest BCUT2D eigenvalue weighted by atomic mass is 9.95. The van der Waals surface area contributed by atoms with Crippen molar-refractivity contribution in [2.24, 2.45) is 11.8 Å². The zero-order valence-corrected chi connectivity index (χ0v) is 15.9. The van der Waals surface area contributed by atoms with E-state index in [1.807, 2.05) is 0 Å². The van der Waals surface area contributed by atoms with Crippen molar-refractivity contribution >= 4 is 5.91 Å². The van der Waals surface area contributed by atoms with Crippen LogP contribution in [0.3, 0.4) is 0 Å². The molecule has 2 aromatic rings. The summed E-state index contributed by atoms with van der Waals surface area (Å²) in [7, 11) is 0. The van der Waals surface area contributed by atoms with E-state index in [-0.39, 0.29) is 17.9 Å². The van der Waals surface area contributed by atoms with Gasteiger partial charge >= 0.3 is 0 Å². The molecule has 3 rings (SSSR count). The molecule has 28 heavy (non-hydrogen) atoms. The van der Waals surface area contributed by atoms with Gasteiger partial charge in [0.25, 0.3) is 5.92 Å². The number of nitrogens with zero attached hydrogens (tertiary/aromatic N) is 2. The van der Waals surface area contributed by atoms with Crippen LogP contribution < -0.4 is 0 Å². The minimum Gasteiger partial charge on any atom is -0.333 e. The molecule has 2 heterocycles. The number of carbonyl (C=O) groups is 1. The van der Waals surface area contributed by atoms with E-state index in [1.165, 1.54) is 11.8 Å². The van der Waals surface area contributed by atoms with Crippen LogP contribution in [0.4, 0.5) is 17.6 Å². The van der Waals surface area contributed by atoms with Gasteiger partial charge in [-0.05, 0) is 24.3 Å². The van der Waals surface area contributed by atoms with Gasteiger partial charge in [0.2, 0.25) is 5.91 Å². The van der Waals surface area contributed by atoms with E-state index in [9.17, 15) is 22.4 Å². The van der Waals surface area contributed by atoms with E-state index in [0.717, 1.165) is 18.2 Å². The van der Waals surface area contributed by atoms with Gasteiger partial charge in [0, 0.05) is 41.6 Å². The lowest BCUT2D eigenvalue weighted by Gasteiger charge is -2.27. The van der Waals surface area contributed by atoms with E-state index in [2.05, 4.69) is 4.98 Å². The minimum atomic E-state index is -2.97. The van der Waals surface area contributed by atoms with Gasteiger partial charge < -0.3 is 4.90 Å². The Morgan fingerprint density at radius 1 is 1.21 bits per heavy atom. The van der Waals surface area contributed by atoms with Crippen molar-refractivity contribution in [3.05, 3.63) is 53.7 Å². The molecule has 1 aromatic heterocycles.